The zero-order chi connectivity index (χ0) is 9.86. The van der Waals surface area contributed by atoms with E-state index >= 15 is 0 Å². The summed E-state index contributed by atoms with van der Waals surface area (Å²) in [7, 11) is 0. The van der Waals surface area contributed by atoms with Gasteiger partial charge in [0.1, 0.15) is 0 Å². The fourth-order valence-corrected chi connectivity index (χ4v) is 3.08. The van der Waals surface area contributed by atoms with Crippen LogP contribution in [0.15, 0.2) is 16.8 Å². The molecule has 1 aromatic heterocycles. The molecule has 0 saturated carbocycles. The number of thiophene rings is 1. The Hall–Kier alpha value is -0.340. The molecule has 0 bridgehead atoms. The van der Waals surface area contributed by atoms with E-state index in [0.29, 0.717) is 5.54 Å². The van der Waals surface area contributed by atoms with E-state index in [9.17, 15) is 0 Å². The highest BCUT2D eigenvalue weighted by atomic mass is 32.1. The molecule has 78 valence electrons. The molecule has 1 N–H and O–H groups in total. The lowest BCUT2D eigenvalue weighted by Gasteiger charge is -2.28. The predicted molar refractivity (Wildman–Crippen MR) is 62.9 cm³/mol. The summed E-state index contributed by atoms with van der Waals surface area (Å²) in [4.78, 5) is 0. The maximum Gasteiger partial charge on any atom is 0.0182 e. The summed E-state index contributed by atoms with van der Waals surface area (Å²) in [5.41, 5.74) is 1.97. The van der Waals surface area contributed by atoms with Crippen molar-refractivity contribution in [2.24, 2.45) is 0 Å². The highest BCUT2D eigenvalue weighted by Gasteiger charge is 2.30. The molecule has 0 aromatic carbocycles. The molecular formula is C12H19NS. The van der Waals surface area contributed by atoms with Gasteiger partial charge in [0.2, 0.25) is 0 Å². The summed E-state index contributed by atoms with van der Waals surface area (Å²) in [6.45, 7) is 3.53. The highest BCUT2D eigenvalue weighted by molar-refractivity contribution is 7.07. The number of aryl methyl sites for hydroxylation is 1. The fourth-order valence-electron chi connectivity index (χ4n) is 2.38. The van der Waals surface area contributed by atoms with Crippen LogP contribution >= 0.6 is 11.3 Å². The predicted octanol–water partition coefficient (Wildman–Crippen LogP) is 3.21. The van der Waals surface area contributed by atoms with Crippen LogP contribution in [0.2, 0.25) is 0 Å². The van der Waals surface area contributed by atoms with Gasteiger partial charge in [0.05, 0.1) is 0 Å². The Morgan fingerprint density at radius 3 is 3.07 bits per heavy atom. The van der Waals surface area contributed by atoms with Gasteiger partial charge in [-0.15, -0.1) is 0 Å². The highest BCUT2D eigenvalue weighted by Crippen LogP contribution is 2.28. The third kappa shape index (κ3) is 2.18. The van der Waals surface area contributed by atoms with Gasteiger partial charge >= 0.3 is 0 Å². The first-order valence-corrected chi connectivity index (χ1v) is 6.55. The number of nitrogens with one attached hydrogen (secondary N) is 1. The van der Waals surface area contributed by atoms with Crippen LogP contribution in [0.3, 0.4) is 0 Å². The maximum atomic E-state index is 3.69. The average molecular weight is 209 g/mol. The topological polar surface area (TPSA) is 12.0 Å². The Labute approximate surface area is 90.5 Å². The lowest BCUT2D eigenvalue weighted by atomic mass is 9.88. The second kappa shape index (κ2) is 4.45. The summed E-state index contributed by atoms with van der Waals surface area (Å²) >= 11 is 1.81. The van der Waals surface area contributed by atoms with Crippen molar-refractivity contribution in [1.29, 1.82) is 0 Å². The Morgan fingerprint density at radius 2 is 2.50 bits per heavy atom. The molecule has 1 unspecified atom stereocenters. The van der Waals surface area contributed by atoms with Gasteiger partial charge in [0, 0.05) is 5.54 Å². The van der Waals surface area contributed by atoms with Crippen molar-refractivity contribution in [3.63, 3.8) is 0 Å². The molecule has 1 saturated heterocycles. The fraction of sp³-hybridized carbons (Fsp3) is 0.667. The van der Waals surface area contributed by atoms with Gasteiger partial charge in [0.25, 0.3) is 0 Å². The zero-order valence-electron chi connectivity index (χ0n) is 8.88. The van der Waals surface area contributed by atoms with E-state index in [0.717, 1.165) is 0 Å². The molecule has 0 aliphatic carbocycles. The lowest BCUT2D eigenvalue weighted by Crippen LogP contribution is -2.39. The van der Waals surface area contributed by atoms with Crippen LogP contribution in [0, 0.1) is 0 Å². The van der Waals surface area contributed by atoms with Gasteiger partial charge < -0.3 is 5.32 Å². The van der Waals surface area contributed by atoms with Gasteiger partial charge in [-0.25, -0.2) is 0 Å². The third-order valence-electron chi connectivity index (χ3n) is 3.48. The van der Waals surface area contributed by atoms with Gasteiger partial charge in [0.15, 0.2) is 0 Å². The molecule has 2 rings (SSSR count). The monoisotopic (exact) mass is 209 g/mol. The SMILES string of the molecule is CCC1(CCc2ccsc2)CCCN1. The lowest BCUT2D eigenvalue weighted by molar-refractivity contribution is 0.336. The van der Waals surface area contributed by atoms with Crippen LogP contribution in [0.25, 0.3) is 0 Å². The molecule has 1 aliphatic heterocycles. The first-order valence-electron chi connectivity index (χ1n) is 5.61. The van der Waals surface area contributed by atoms with E-state index in [-0.39, 0.29) is 0 Å². The molecule has 1 atom stereocenters. The second-order valence-corrected chi connectivity index (χ2v) is 5.08. The van der Waals surface area contributed by atoms with E-state index < -0.39 is 0 Å². The van der Waals surface area contributed by atoms with Gasteiger partial charge in [-0.05, 0) is 61.0 Å². The Balaban J connectivity index is 1.89. The standard InChI is InChI=1S/C12H19NS/c1-2-12(6-3-8-13-12)7-4-11-5-9-14-10-11/h5,9-10,13H,2-4,6-8H2,1H3. The minimum atomic E-state index is 0.460. The quantitative estimate of drug-likeness (QED) is 0.803. The molecule has 1 nitrogen and oxygen atoms in total. The minimum absolute atomic E-state index is 0.460. The average Bonchev–Trinajstić information content (AvgIpc) is 2.87. The van der Waals surface area contributed by atoms with Gasteiger partial charge in [-0.3, -0.25) is 0 Å². The van der Waals surface area contributed by atoms with Gasteiger partial charge in [-0.2, -0.15) is 11.3 Å². The van der Waals surface area contributed by atoms with Crippen molar-refractivity contribution in [1.82, 2.24) is 5.32 Å². The molecule has 0 amide bonds. The maximum absolute atomic E-state index is 3.69. The first-order chi connectivity index (χ1) is 6.85. The molecule has 0 radical (unpaired) electrons. The van der Waals surface area contributed by atoms with Crippen LogP contribution in [0.4, 0.5) is 0 Å². The zero-order valence-corrected chi connectivity index (χ0v) is 9.70. The molecular weight excluding hydrogens is 190 g/mol. The van der Waals surface area contributed by atoms with E-state index in [2.05, 4.69) is 29.1 Å². The molecule has 14 heavy (non-hydrogen) atoms. The van der Waals surface area contributed by atoms with Crippen molar-refractivity contribution >= 4 is 11.3 Å². The molecule has 1 aromatic rings. The van der Waals surface area contributed by atoms with Crippen molar-refractivity contribution < 1.29 is 0 Å². The van der Waals surface area contributed by atoms with Crippen LogP contribution in [-0.4, -0.2) is 12.1 Å². The Bertz CT molecular complexity index is 260. The van der Waals surface area contributed by atoms with Crippen molar-refractivity contribution in [2.45, 2.75) is 44.6 Å². The summed E-state index contributed by atoms with van der Waals surface area (Å²) < 4.78 is 0. The molecule has 1 fully saturated rings. The summed E-state index contributed by atoms with van der Waals surface area (Å²) in [6, 6.07) is 2.25. The molecule has 2 heteroatoms. The Morgan fingerprint density at radius 1 is 1.57 bits per heavy atom. The number of hydrogen-bond donors (Lipinski definition) is 1. The van der Waals surface area contributed by atoms with Crippen LogP contribution in [0.5, 0.6) is 0 Å². The van der Waals surface area contributed by atoms with Crippen LogP contribution in [-0.2, 0) is 6.42 Å². The van der Waals surface area contributed by atoms with Crippen molar-refractivity contribution in [3.05, 3.63) is 22.4 Å². The molecule has 2 heterocycles. The van der Waals surface area contributed by atoms with Crippen molar-refractivity contribution in [3.8, 4) is 0 Å². The van der Waals surface area contributed by atoms with Crippen LogP contribution < -0.4 is 5.32 Å². The first kappa shape index (κ1) is 10.2. The number of hydrogen-bond acceptors (Lipinski definition) is 2. The van der Waals surface area contributed by atoms with E-state index in [4.69, 9.17) is 0 Å². The number of rotatable bonds is 4. The van der Waals surface area contributed by atoms with E-state index in [1.807, 2.05) is 11.3 Å². The summed E-state index contributed by atoms with van der Waals surface area (Å²) in [5, 5.41) is 8.14. The molecule has 1 aliphatic rings. The van der Waals surface area contributed by atoms with E-state index in [1.165, 1.54) is 44.2 Å². The normalized spacial score (nSPS) is 26.9. The second-order valence-electron chi connectivity index (χ2n) is 4.30. The smallest absolute Gasteiger partial charge is 0.0182 e. The van der Waals surface area contributed by atoms with Crippen LogP contribution in [0.1, 0.15) is 38.2 Å². The Kier molecular flexibility index (Phi) is 3.24. The summed E-state index contributed by atoms with van der Waals surface area (Å²) in [6.07, 6.45) is 6.55. The van der Waals surface area contributed by atoms with E-state index in [1.54, 1.807) is 0 Å². The van der Waals surface area contributed by atoms with Gasteiger partial charge in [-0.1, -0.05) is 6.92 Å². The molecule has 0 spiro atoms. The largest absolute Gasteiger partial charge is 0.311 e. The van der Waals surface area contributed by atoms with Crippen molar-refractivity contribution in [2.75, 3.05) is 6.54 Å². The third-order valence-corrected chi connectivity index (χ3v) is 4.21. The minimum Gasteiger partial charge on any atom is -0.311 e. The summed E-state index contributed by atoms with van der Waals surface area (Å²) in [5.74, 6) is 0.